The molecule has 2 heterocycles. The van der Waals surface area contributed by atoms with Crippen LogP contribution >= 0.6 is 0 Å². The molecule has 6 nitrogen and oxygen atoms in total. The van der Waals surface area contributed by atoms with Gasteiger partial charge in [0, 0.05) is 25.8 Å². The van der Waals surface area contributed by atoms with Gasteiger partial charge in [0.1, 0.15) is 5.75 Å². The molecule has 0 saturated carbocycles. The van der Waals surface area contributed by atoms with Crippen LogP contribution in [0.5, 0.6) is 5.75 Å². The van der Waals surface area contributed by atoms with Crippen molar-refractivity contribution in [1.82, 2.24) is 4.90 Å². The van der Waals surface area contributed by atoms with Crippen molar-refractivity contribution in [2.75, 3.05) is 44.9 Å². The number of likely N-dealkylation sites (N-methyl/N-ethyl adjacent to an activating group) is 1. The minimum Gasteiger partial charge on any atom is -0.484 e. The molecule has 2 amide bonds. The van der Waals surface area contributed by atoms with E-state index in [1.165, 1.54) is 0 Å². The van der Waals surface area contributed by atoms with E-state index in [9.17, 15) is 9.59 Å². The Morgan fingerprint density at radius 3 is 2.86 bits per heavy atom. The van der Waals surface area contributed by atoms with Crippen LogP contribution in [0.15, 0.2) is 18.2 Å². The molecule has 0 spiro atoms. The topological polar surface area (TPSA) is 59.1 Å². The summed E-state index contributed by atoms with van der Waals surface area (Å²) in [4.78, 5) is 27.0. The normalized spacial score (nSPS) is 17.9. The van der Waals surface area contributed by atoms with E-state index >= 15 is 0 Å². The van der Waals surface area contributed by atoms with Crippen molar-refractivity contribution < 1.29 is 19.1 Å². The van der Waals surface area contributed by atoms with Crippen LogP contribution in [0.1, 0.15) is 5.56 Å². The van der Waals surface area contributed by atoms with E-state index in [-0.39, 0.29) is 18.4 Å². The molecular formula is C15H18N2O4. The van der Waals surface area contributed by atoms with Crippen LogP contribution < -0.4 is 9.64 Å². The highest BCUT2D eigenvalue weighted by Gasteiger charge is 2.24. The molecule has 1 aromatic rings. The second kappa shape index (κ2) is 5.73. The Morgan fingerprint density at radius 1 is 1.33 bits per heavy atom. The summed E-state index contributed by atoms with van der Waals surface area (Å²) in [6, 6.07) is 5.48. The maximum absolute atomic E-state index is 12.0. The number of hydrogen-bond donors (Lipinski definition) is 0. The van der Waals surface area contributed by atoms with Crippen LogP contribution in [-0.2, 0) is 20.7 Å². The maximum atomic E-state index is 12.0. The summed E-state index contributed by atoms with van der Waals surface area (Å²) in [5.41, 5.74) is 1.85. The number of rotatable bonds is 3. The molecule has 0 atom stereocenters. The van der Waals surface area contributed by atoms with Gasteiger partial charge in [-0.2, -0.15) is 0 Å². The van der Waals surface area contributed by atoms with Crippen LogP contribution in [0, 0.1) is 0 Å². The summed E-state index contributed by atoms with van der Waals surface area (Å²) >= 11 is 0. The number of hydrogen-bond acceptors (Lipinski definition) is 4. The molecule has 0 radical (unpaired) electrons. The Morgan fingerprint density at radius 2 is 2.10 bits per heavy atom. The molecule has 0 aliphatic carbocycles. The van der Waals surface area contributed by atoms with Crippen molar-refractivity contribution in [2.45, 2.75) is 6.42 Å². The summed E-state index contributed by atoms with van der Waals surface area (Å²) in [6.07, 6.45) is 0.389. The van der Waals surface area contributed by atoms with Gasteiger partial charge in [-0.15, -0.1) is 0 Å². The molecule has 1 aromatic carbocycles. The van der Waals surface area contributed by atoms with Gasteiger partial charge in [0.15, 0.2) is 6.61 Å². The number of ether oxygens (including phenoxy) is 2. The fourth-order valence-corrected chi connectivity index (χ4v) is 2.59. The molecule has 2 aliphatic rings. The van der Waals surface area contributed by atoms with Crippen molar-refractivity contribution in [2.24, 2.45) is 0 Å². The third-order valence-corrected chi connectivity index (χ3v) is 3.85. The van der Waals surface area contributed by atoms with Gasteiger partial charge < -0.3 is 19.3 Å². The van der Waals surface area contributed by atoms with Gasteiger partial charge in [-0.25, -0.2) is 0 Å². The van der Waals surface area contributed by atoms with E-state index in [1.54, 1.807) is 22.9 Å². The average molecular weight is 290 g/mol. The third kappa shape index (κ3) is 2.85. The first kappa shape index (κ1) is 13.9. The minimum absolute atomic E-state index is 0.0164. The highest BCUT2D eigenvalue weighted by molar-refractivity contribution is 6.01. The van der Waals surface area contributed by atoms with E-state index < -0.39 is 0 Å². The van der Waals surface area contributed by atoms with Gasteiger partial charge in [-0.05, 0) is 23.8 Å². The molecule has 6 heteroatoms. The fraction of sp³-hybridized carbons (Fsp3) is 0.467. The molecule has 0 bridgehead atoms. The van der Waals surface area contributed by atoms with E-state index in [0.29, 0.717) is 38.5 Å². The fourth-order valence-electron chi connectivity index (χ4n) is 2.59. The highest BCUT2D eigenvalue weighted by atomic mass is 16.5. The number of carbonyl (C=O) groups is 2. The smallest absolute Gasteiger partial charge is 0.260 e. The number of nitrogens with zero attached hydrogens (tertiary/aromatic N) is 2. The van der Waals surface area contributed by atoms with E-state index in [4.69, 9.17) is 9.47 Å². The molecule has 0 N–H and O–H groups in total. The van der Waals surface area contributed by atoms with E-state index in [2.05, 4.69) is 0 Å². The Hall–Kier alpha value is -2.08. The molecule has 112 valence electrons. The first-order valence-corrected chi connectivity index (χ1v) is 7.03. The number of morpholine rings is 1. The zero-order valence-electron chi connectivity index (χ0n) is 12.0. The number of fused-ring (bicyclic) bond motifs is 1. The number of carbonyl (C=O) groups excluding carboxylic acids is 2. The number of amides is 2. The molecule has 0 unspecified atom stereocenters. The predicted octanol–water partition coefficient (Wildman–Crippen LogP) is 0.443. The first-order chi connectivity index (χ1) is 10.1. The van der Waals surface area contributed by atoms with Gasteiger partial charge >= 0.3 is 0 Å². The monoisotopic (exact) mass is 290 g/mol. The Balaban J connectivity index is 1.60. The molecule has 1 fully saturated rings. The Labute approximate surface area is 123 Å². The van der Waals surface area contributed by atoms with Crippen LogP contribution in [0.3, 0.4) is 0 Å². The lowest BCUT2D eigenvalue weighted by atomic mass is 10.1. The second-order valence-corrected chi connectivity index (χ2v) is 5.20. The van der Waals surface area contributed by atoms with Crippen molar-refractivity contribution in [3.63, 3.8) is 0 Å². The van der Waals surface area contributed by atoms with Crippen molar-refractivity contribution in [3.8, 4) is 5.75 Å². The van der Waals surface area contributed by atoms with Crippen molar-refractivity contribution >= 4 is 17.5 Å². The van der Waals surface area contributed by atoms with Gasteiger partial charge in [0.25, 0.3) is 5.91 Å². The summed E-state index contributed by atoms with van der Waals surface area (Å²) in [5.74, 6) is 0.664. The SMILES string of the molecule is CN1C(=O)Cc2cc(OCC(=O)N3CCOCC3)ccc21. The predicted molar refractivity (Wildman–Crippen MR) is 76.5 cm³/mol. The van der Waals surface area contributed by atoms with Crippen LogP contribution in [0.25, 0.3) is 0 Å². The minimum atomic E-state index is -0.0352. The Bertz CT molecular complexity index is 567. The highest BCUT2D eigenvalue weighted by Crippen LogP contribution is 2.30. The molecular weight excluding hydrogens is 272 g/mol. The van der Waals surface area contributed by atoms with Crippen LogP contribution in [-0.4, -0.2) is 56.7 Å². The largest absolute Gasteiger partial charge is 0.484 e. The number of benzene rings is 1. The van der Waals surface area contributed by atoms with Crippen LogP contribution in [0.2, 0.25) is 0 Å². The maximum Gasteiger partial charge on any atom is 0.260 e. The van der Waals surface area contributed by atoms with Crippen molar-refractivity contribution in [1.29, 1.82) is 0 Å². The first-order valence-electron chi connectivity index (χ1n) is 7.03. The lowest BCUT2D eigenvalue weighted by molar-refractivity contribution is -0.137. The quantitative estimate of drug-likeness (QED) is 0.810. The summed E-state index contributed by atoms with van der Waals surface area (Å²) < 4.78 is 10.8. The van der Waals surface area contributed by atoms with Crippen molar-refractivity contribution in [3.05, 3.63) is 23.8 Å². The van der Waals surface area contributed by atoms with E-state index in [1.807, 2.05) is 12.1 Å². The van der Waals surface area contributed by atoms with Crippen LogP contribution in [0.4, 0.5) is 5.69 Å². The zero-order valence-corrected chi connectivity index (χ0v) is 12.0. The van der Waals surface area contributed by atoms with Gasteiger partial charge in [-0.3, -0.25) is 9.59 Å². The molecule has 1 saturated heterocycles. The van der Waals surface area contributed by atoms with Gasteiger partial charge in [0.2, 0.25) is 5.91 Å². The standard InChI is InChI=1S/C15H18N2O4/c1-16-13-3-2-12(8-11(13)9-14(16)18)21-10-15(19)17-4-6-20-7-5-17/h2-3,8H,4-7,9-10H2,1H3. The summed E-state index contributed by atoms with van der Waals surface area (Å²) in [6.45, 7) is 2.41. The number of anilines is 1. The van der Waals surface area contributed by atoms with E-state index in [0.717, 1.165) is 11.3 Å². The Kier molecular flexibility index (Phi) is 3.79. The molecule has 2 aliphatic heterocycles. The average Bonchev–Trinajstić information content (AvgIpc) is 2.80. The third-order valence-electron chi connectivity index (χ3n) is 3.85. The summed E-state index contributed by atoms with van der Waals surface area (Å²) in [5, 5.41) is 0. The van der Waals surface area contributed by atoms with Gasteiger partial charge in [-0.1, -0.05) is 0 Å². The molecule has 3 rings (SSSR count). The summed E-state index contributed by atoms with van der Waals surface area (Å²) in [7, 11) is 1.76. The lowest BCUT2D eigenvalue weighted by Crippen LogP contribution is -2.42. The second-order valence-electron chi connectivity index (χ2n) is 5.20. The molecule has 21 heavy (non-hydrogen) atoms. The zero-order chi connectivity index (χ0) is 14.8. The lowest BCUT2D eigenvalue weighted by Gasteiger charge is -2.26. The van der Waals surface area contributed by atoms with Gasteiger partial charge in [0.05, 0.1) is 19.6 Å². The molecule has 0 aromatic heterocycles.